The summed E-state index contributed by atoms with van der Waals surface area (Å²) in [5, 5.41) is -0.0140. The predicted octanol–water partition coefficient (Wildman–Crippen LogP) is 3.80. The number of para-hydroxylation sites is 2. The molecule has 0 aliphatic heterocycles. The fraction of sp³-hybridized carbons (Fsp3) is 0. The molecule has 0 aliphatic rings. The summed E-state index contributed by atoms with van der Waals surface area (Å²) in [7, 11) is -3.79. The number of sulfonamides is 1. The molecule has 1 N–H and O–H groups in total. The van der Waals surface area contributed by atoms with Crippen molar-refractivity contribution < 1.29 is 8.42 Å². The highest BCUT2D eigenvalue weighted by atomic mass is 35.5. The van der Waals surface area contributed by atoms with E-state index >= 15 is 0 Å². The van der Waals surface area contributed by atoms with Crippen molar-refractivity contribution >= 4 is 61.4 Å². The molecule has 2 heterocycles. The molecule has 1 aromatic carbocycles. The van der Waals surface area contributed by atoms with Crippen LogP contribution in [0.1, 0.15) is 0 Å². The lowest BCUT2D eigenvalue weighted by atomic mass is 10.3. The van der Waals surface area contributed by atoms with Crippen molar-refractivity contribution in [2.24, 2.45) is 0 Å². The molecule has 2 aromatic heterocycles. The maximum Gasteiger partial charge on any atom is 0.272 e. The molecule has 0 saturated carbocycles. The van der Waals surface area contributed by atoms with E-state index in [9.17, 15) is 8.42 Å². The second-order valence-corrected chi connectivity index (χ2v) is 8.00. The number of thiophene rings is 1. The van der Waals surface area contributed by atoms with Crippen LogP contribution >= 0.6 is 34.5 Å². The van der Waals surface area contributed by atoms with Crippen molar-refractivity contribution in [3.05, 3.63) is 45.9 Å². The van der Waals surface area contributed by atoms with E-state index in [1.54, 1.807) is 24.3 Å². The van der Waals surface area contributed by atoms with E-state index in [1.807, 2.05) is 0 Å². The van der Waals surface area contributed by atoms with Gasteiger partial charge in [-0.2, -0.15) is 0 Å². The topological polar surface area (TPSA) is 72.0 Å². The van der Waals surface area contributed by atoms with Gasteiger partial charge in [0.1, 0.15) is 4.21 Å². The first-order valence-corrected chi connectivity index (χ1v) is 8.72. The minimum atomic E-state index is -3.79. The number of aromatic nitrogens is 2. The van der Waals surface area contributed by atoms with E-state index in [4.69, 9.17) is 23.2 Å². The maximum atomic E-state index is 12.2. The molecular formula is C12H7Cl2N3O2S2. The number of fused-ring (bicyclic) bond motifs is 1. The van der Waals surface area contributed by atoms with Gasteiger partial charge in [0.2, 0.25) is 0 Å². The molecule has 0 amide bonds. The van der Waals surface area contributed by atoms with Gasteiger partial charge in [-0.1, -0.05) is 35.3 Å². The Bertz CT molecular complexity index is 925. The van der Waals surface area contributed by atoms with Crippen molar-refractivity contribution in [3.8, 4) is 0 Å². The lowest BCUT2D eigenvalue weighted by Gasteiger charge is -2.07. The van der Waals surface area contributed by atoms with Crippen LogP contribution in [0.2, 0.25) is 9.49 Å². The summed E-state index contributed by atoms with van der Waals surface area (Å²) < 4.78 is 27.2. The first-order valence-electron chi connectivity index (χ1n) is 5.66. The second-order valence-electron chi connectivity index (χ2n) is 4.02. The van der Waals surface area contributed by atoms with E-state index in [-0.39, 0.29) is 15.2 Å². The maximum absolute atomic E-state index is 12.2. The molecular weight excluding hydrogens is 353 g/mol. The number of hydrogen-bond acceptors (Lipinski definition) is 5. The largest absolute Gasteiger partial charge is 0.272 e. The average Bonchev–Trinajstić information content (AvgIpc) is 2.87. The third-order valence-electron chi connectivity index (χ3n) is 2.57. The monoisotopic (exact) mass is 359 g/mol. The van der Waals surface area contributed by atoms with E-state index in [0.29, 0.717) is 15.4 Å². The molecule has 3 rings (SSSR count). The van der Waals surface area contributed by atoms with Crippen molar-refractivity contribution in [3.63, 3.8) is 0 Å². The van der Waals surface area contributed by atoms with E-state index in [2.05, 4.69) is 14.7 Å². The lowest BCUT2D eigenvalue weighted by Crippen LogP contribution is -2.13. The zero-order valence-corrected chi connectivity index (χ0v) is 13.4. The molecule has 0 atom stereocenters. The molecule has 108 valence electrons. The second kappa shape index (κ2) is 5.42. The van der Waals surface area contributed by atoms with Gasteiger partial charge in [-0.25, -0.2) is 18.4 Å². The van der Waals surface area contributed by atoms with E-state index < -0.39 is 10.0 Å². The zero-order valence-electron chi connectivity index (χ0n) is 10.2. The Kier molecular flexibility index (Phi) is 3.75. The molecule has 0 saturated heterocycles. The summed E-state index contributed by atoms with van der Waals surface area (Å²) in [4.78, 5) is 8.29. The van der Waals surface area contributed by atoms with Gasteiger partial charge in [0.15, 0.2) is 11.0 Å². The van der Waals surface area contributed by atoms with Gasteiger partial charge in [-0.15, -0.1) is 11.3 Å². The molecule has 0 unspecified atom stereocenters. The van der Waals surface area contributed by atoms with Crippen LogP contribution in [0.3, 0.4) is 0 Å². The molecule has 0 bridgehead atoms. The highest BCUT2D eigenvalue weighted by Gasteiger charge is 2.19. The van der Waals surface area contributed by atoms with Crippen LogP contribution in [0, 0.1) is 0 Å². The summed E-state index contributed by atoms with van der Waals surface area (Å²) in [6.07, 6.45) is 0. The quantitative estimate of drug-likeness (QED) is 0.771. The van der Waals surface area contributed by atoms with Gasteiger partial charge in [-0.05, 0) is 24.3 Å². The van der Waals surface area contributed by atoms with Crippen molar-refractivity contribution in [1.29, 1.82) is 0 Å². The molecule has 0 radical (unpaired) electrons. The highest BCUT2D eigenvalue weighted by molar-refractivity contribution is 7.94. The SMILES string of the molecule is O=S(=O)(Nc1nc2ccccc2nc1Cl)c1ccc(Cl)s1. The molecule has 21 heavy (non-hydrogen) atoms. The summed E-state index contributed by atoms with van der Waals surface area (Å²) >= 11 is 12.7. The Labute approximate surface area is 134 Å². The van der Waals surface area contributed by atoms with Gasteiger partial charge >= 0.3 is 0 Å². The minimum absolute atomic E-state index is 0.0140. The number of nitrogens with zero attached hydrogens (tertiary/aromatic N) is 2. The van der Waals surface area contributed by atoms with Crippen LogP contribution < -0.4 is 4.72 Å². The molecule has 5 nitrogen and oxygen atoms in total. The molecule has 0 aliphatic carbocycles. The fourth-order valence-corrected chi connectivity index (χ4v) is 4.39. The Hall–Kier alpha value is -1.41. The predicted molar refractivity (Wildman–Crippen MR) is 84.7 cm³/mol. The molecule has 0 spiro atoms. The summed E-state index contributed by atoms with van der Waals surface area (Å²) in [6, 6.07) is 9.96. The Balaban J connectivity index is 2.03. The van der Waals surface area contributed by atoms with Crippen LogP contribution in [0.15, 0.2) is 40.6 Å². The van der Waals surface area contributed by atoms with Crippen LogP contribution in [-0.4, -0.2) is 18.4 Å². The highest BCUT2D eigenvalue weighted by Crippen LogP contribution is 2.29. The minimum Gasteiger partial charge on any atom is -0.260 e. The van der Waals surface area contributed by atoms with Gasteiger partial charge < -0.3 is 0 Å². The van der Waals surface area contributed by atoms with Gasteiger partial charge in [0.25, 0.3) is 10.0 Å². The standard InChI is InChI=1S/C12H7Cl2N3O2S2/c13-9-5-6-10(20-9)21(18,19)17-12-11(14)15-7-3-1-2-4-8(7)16-12/h1-6H,(H,16,17). The van der Waals surface area contributed by atoms with Crippen molar-refractivity contribution in [2.75, 3.05) is 4.72 Å². The summed E-state index contributed by atoms with van der Waals surface area (Å²) in [5.41, 5.74) is 1.13. The number of halogens is 2. The fourth-order valence-electron chi connectivity index (χ4n) is 1.66. The lowest BCUT2D eigenvalue weighted by molar-refractivity contribution is 0.603. The van der Waals surface area contributed by atoms with E-state index in [0.717, 1.165) is 11.3 Å². The number of nitrogens with one attached hydrogen (secondary N) is 1. The van der Waals surface area contributed by atoms with Crippen LogP contribution in [0.4, 0.5) is 5.82 Å². The van der Waals surface area contributed by atoms with E-state index in [1.165, 1.54) is 12.1 Å². The number of benzene rings is 1. The third kappa shape index (κ3) is 2.96. The number of anilines is 1. The number of hydrogen-bond donors (Lipinski definition) is 1. The smallest absolute Gasteiger partial charge is 0.260 e. The third-order valence-corrected chi connectivity index (χ3v) is 5.90. The molecule has 0 fully saturated rings. The molecule has 9 heteroatoms. The molecule has 3 aromatic rings. The van der Waals surface area contributed by atoms with Crippen molar-refractivity contribution in [2.45, 2.75) is 4.21 Å². The average molecular weight is 360 g/mol. The Morgan fingerprint density at radius 3 is 2.29 bits per heavy atom. The number of rotatable bonds is 3. The summed E-state index contributed by atoms with van der Waals surface area (Å²) in [6.45, 7) is 0. The first kappa shape index (κ1) is 14.5. The Morgan fingerprint density at radius 2 is 1.67 bits per heavy atom. The van der Waals surface area contributed by atoms with Gasteiger partial charge in [-0.3, -0.25) is 4.72 Å². The van der Waals surface area contributed by atoms with Gasteiger partial charge in [0, 0.05) is 0 Å². The van der Waals surface area contributed by atoms with Gasteiger partial charge in [0.05, 0.1) is 15.4 Å². The van der Waals surface area contributed by atoms with Crippen LogP contribution in [-0.2, 0) is 10.0 Å². The normalized spacial score (nSPS) is 11.7. The Morgan fingerprint density at radius 1 is 1.00 bits per heavy atom. The van der Waals surface area contributed by atoms with Crippen LogP contribution in [0.25, 0.3) is 11.0 Å². The van der Waals surface area contributed by atoms with Crippen LogP contribution in [0.5, 0.6) is 0 Å². The van der Waals surface area contributed by atoms with Crippen molar-refractivity contribution in [1.82, 2.24) is 9.97 Å². The summed E-state index contributed by atoms with van der Waals surface area (Å²) in [5.74, 6) is -0.0140. The zero-order chi connectivity index (χ0) is 15.0. The first-order chi connectivity index (χ1) is 9.95.